The molecule has 1 aromatic rings. The first-order chi connectivity index (χ1) is 17.7. The van der Waals surface area contributed by atoms with Crippen molar-refractivity contribution in [2.75, 3.05) is 20.3 Å². The summed E-state index contributed by atoms with van der Waals surface area (Å²) in [5, 5.41) is 14.0. The number of hydrogen-bond donors (Lipinski definition) is 2. The number of carbonyl (C=O) groups is 2. The van der Waals surface area contributed by atoms with Crippen molar-refractivity contribution in [3.05, 3.63) is 52.7 Å². The van der Waals surface area contributed by atoms with E-state index in [9.17, 15) is 22.8 Å². The van der Waals surface area contributed by atoms with E-state index in [1.165, 1.54) is 12.0 Å². The number of halogens is 3. The monoisotopic (exact) mass is 521 g/mol. The summed E-state index contributed by atoms with van der Waals surface area (Å²) >= 11 is 0. The van der Waals surface area contributed by atoms with E-state index in [0.29, 0.717) is 23.4 Å². The van der Waals surface area contributed by atoms with E-state index < -0.39 is 30.9 Å². The number of allylic oxidation sites excluding steroid dienone is 3. The lowest BCUT2D eigenvalue weighted by atomic mass is 9.96. The fraction of sp³-hybridized carbons (Fsp3) is 0.440. The molecule has 3 rings (SSSR count). The molecule has 37 heavy (non-hydrogen) atoms. The molecule has 0 saturated carbocycles. The zero-order chi connectivity index (χ0) is 26.8. The Morgan fingerprint density at radius 2 is 2.08 bits per heavy atom. The van der Waals surface area contributed by atoms with Crippen molar-refractivity contribution in [1.29, 1.82) is 0 Å². The molecule has 0 aliphatic carbocycles. The molecular formula is C25H30F3N5O4. The van der Waals surface area contributed by atoms with E-state index in [1.54, 1.807) is 42.8 Å². The maximum Gasteiger partial charge on any atom is 0.422 e. The minimum Gasteiger partial charge on any atom is -0.496 e. The fourth-order valence-corrected chi connectivity index (χ4v) is 3.75. The van der Waals surface area contributed by atoms with Crippen LogP contribution in [-0.2, 0) is 17.7 Å². The van der Waals surface area contributed by atoms with Crippen molar-refractivity contribution in [2.24, 2.45) is 10.2 Å². The fourth-order valence-electron chi connectivity index (χ4n) is 3.75. The Bertz CT molecular complexity index is 1100. The zero-order valence-electron chi connectivity index (χ0n) is 20.7. The van der Waals surface area contributed by atoms with Crippen LogP contribution in [0.1, 0.15) is 47.7 Å². The van der Waals surface area contributed by atoms with Crippen molar-refractivity contribution < 1.29 is 32.2 Å². The molecule has 0 radical (unpaired) electrons. The molecule has 0 spiro atoms. The average molecular weight is 522 g/mol. The molecule has 2 N–H and O–H groups in total. The quantitative estimate of drug-likeness (QED) is 0.289. The van der Waals surface area contributed by atoms with E-state index in [4.69, 9.17) is 4.74 Å². The van der Waals surface area contributed by atoms with E-state index in [1.807, 2.05) is 0 Å². The summed E-state index contributed by atoms with van der Waals surface area (Å²) in [7, 11) is 1.44. The number of benzene rings is 1. The first kappa shape index (κ1) is 27.8. The molecular weight excluding hydrogens is 491 g/mol. The Labute approximate surface area is 213 Å². The average Bonchev–Trinajstić information content (AvgIpc) is 2.88. The molecule has 2 aliphatic heterocycles. The van der Waals surface area contributed by atoms with Gasteiger partial charge >= 0.3 is 12.3 Å². The number of carbonyl (C=O) groups excluding carboxylic acids is 2. The number of ether oxygens (including phenoxy) is 2. The van der Waals surface area contributed by atoms with Crippen molar-refractivity contribution in [3.63, 3.8) is 0 Å². The zero-order valence-corrected chi connectivity index (χ0v) is 20.7. The molecule has 200 valence electrons. The van der Waals surface area contributed by atoms with Crippen LogP contribution in [0.4, 0.5) is 18.0 Å². The van der Waals surface area contributed by atoms with Gasteiger partial charge < -0.3 is 25.0 Å². The van der Waals surface area contributed by atoms with Crippen LogP contribution in [0.3, 0.4) is 0 Å². The van der Waals surface area contributed by atoms with Gasteiger partial charge in [0.2, 0.25) is 0 Å². The molecule has 0 bridgehead atoms. The molecule has 1 unspecified atom stereocenters. The number of amides is 2. The highest BCUT2D eigenvalue weighted by atomic mass is 19.4. The molecule has 2 amide bonds. The molecule has 0 saturated heterocycles. The lowest BCUT2D eigenvalue weighted by Gasteiger charge is -2.29. The van der Waals surface area contributed by atoms with Gasteiger partial charge in [0.1, 0.15) is 11.9 Å². The number of unbranched alkanes of at least 4 members (excludes halogenated alkanes) is 2. The third-order valence-corrected chi connectivity index (χ3v) is 5.62. The SMILES string of the molecule is CCCCC=NN=CC1=CC=CC(NC(=O)c2cc3c(cc2OC)CCN(C(=O)OCC(F)(F)F)C3)N1. The summed E-state index contributed by atoms with van der Waals surface area (Å²) in [6, 6.07) is 3.30. The van der Waals surface area contributed by atoms with Crippen LogP contribution in [0.5, 0.6) is 5.75 Å². The summed E-state index contributed by atoms with van der Waals surface area (Å²) in [6.07, 6.45) is 5.79. The first-order valence-electron chi connectivity index (χ1n) is 11.9. The smallest absolute Gasteiger partial charge is 0.422 e. The number of rotatable bonds is 9. The first-order valence-corrected chi connectivity index (χ1v) is 11.9. The number of methoxy groups -OCH3 is 1. The minimum absolute atomic E-state index is 0.0139. The lowest BCUT2D eigenvalue weighted by Crippen LogP contribution is -2.45. The number of nitrogens with zero attached hydrogens (tertiary/aromatic N) is 3. The molecule has 1 aromatic carbocycles. The van der Waals surface area contributed by atoms with Crippen LogP contribution in [0.2, 0.25) is 0 Å². The van der Waals surface area contributed by atoms with Crippen molar-refractivity contribution in [3.8, 4) is 5.75 Å². The van der Waals surface area contributed by atoms with Gasteiger partial charge in [0, 0.05) is 19.3 Å². The molecule has 12 heteroatoms. The number of nitrogens with one attached hydrogen (secondary N) is 2. The van der Waals surface area contributed by atoms with Gasteiger partial charge in [-0.1, -0.05) is 19.4 Å². The summed E-state index contributed by atoms with van der Waals surface area (Å²) in [4.78, 5) is 26.4. The van der Waals surface area contributed by atoms with Crippen molar-refractivity contribution in [2.45, 2.75) is 51.5 Å². The second-order valence-corrected chi connectivity index (χ2v) is 8.45. The van der Waals surface area contributed by atoms with Crippen LogP contribution in [0, 0.1) is 0 Å². The molecule has 0 aromatic heterocycles. The second kappa shape index (κ2) is 12.9. The molecule has 1 atom stereocenters. The number of fused-ring (bicyclic) bond motifs is 1. The Morgan fingerprint density at radius 1 is 1.27 bits per heavy atom. The maximum absolute atomic E-state index is 13.1. The van der Waals surface area contributed by atoms with Gasteiger partial charge in [0.25, 0.3) is 5.91 Å². The van der Waals surface area contributed by atoms with Crippen LogP contribution in [-0.4, -0.2) is 61.9 Å². The highest BCUT2D eigenvalue weighted by Crippen LogP contribution is 2.29. The third-order valence-electron chi connectivity index (χ3n) is 5.62. The third kappa shape index (κ3) is 8.36. The Morgan fingerprint density at radius 3 is 2.81 bits per heavy atom. The summed E-state index contributed by atoms with van der Waals surface area (Å²) in [5.41, 5.74) is 2.35. The molecule has 2 aliphatic rings. The van der Waals surface area contributed by atoms with Gasteiger partial charge in [0.05, 0.1) is 24.6 Å². The van der Waals surface area contributed by atoms with E-state index >= 15 is 0 Å². The highest BCUT2D eigenvalue weighted by Gasteiger charge is 2.32. The Kier molecular flexibility index (Phi) is 9.70. The second-order valence-electron chi connectivity index (χ2n) is 8.45. The number of hydrogen-bond acceptors (Lipinski definition) is 7. The Balaban J connectivity index is 1.64. The Hall–Kier alpha value is -3.83. The van der Waals surface area contributed by atoms with Crippen molar-refractivity contribution in [1.82, 2.24) is 15.5 Å². The van der Waals surface area contributed by atoms with E-state index in [2.05, 4.69) is 32.5 Å². The molecule has 9 nitrogen and oxygen atoms in total. The van der Waals surface area contributed by atoms with Crippen LogP contribution in [0.25, 0.3) is 0 Å². The molecule has 2 heterocycles. The van der Waals surface area contributed by atoms with Gasteiger partial charge in [-0.15, -0.1) is 0 Å². The van der Waals surface area contributed by atoms with Crippen LogP contribution < -0.4 is 15.4 Å². The van der Waals surface area contributed by atoms with Crippen LogP contribution in [0.15, 0.2) is 46.3 Å². The topological polar surface area (TPSA) is 105 Å². The van der Waals surface area contributed by atoms with Gasteiger partial charge in [-0.25, -0.2) is 4.79 Å². The van der Waals surface area contributed by atoms with E-state index in [0.717, 1.165) is 24.8 Å². The normalized spacial score (nSPS) is 17.4. The van der Waals surface area contributed by atoms with Gasteiger partial charge in [-0.2, -0.15) is 23.4 Å². The summed E-state index contributed by atoms with van der Waals surface area (Å²) in [6.45, 7) is 0.649. The van der Waals surface area contributed by atoms with Crippen LogP contribution >= 0.6 is 0 Å². The van der Waals surface area contributed by atoms with Gasteiger partial charge in [-0.3, -0.25) is 4.79 Å². The highest BCUT2D eigenvalue weighted by molar-refractivity contribution is 5.97. The van der Waals surface area contributed by atoms with Crippen molar-refractivity contribution >= 4 is 24.4 Å². The standard InChI is InChI=1S/C25H30F3N5O4/c1-3-4-5-10-29-30-14-19-7-6-8-22(31-19)32-23(34)20-12-18-15-33(24(35)37-16-25(26,27)28)11-9-17(18)13-21(20)36-2/h6-8,10,12-14,22,31H,3-5,9,11,15-16H2,1-2H3,(H,32,34). The number of alkyl halides is 3. The molecule has 0 fully saturated rings. The largest absolute Gasteiger partial charge is 0.496 e. The van der Waals surface area contributed by atoms with Gasteiger partial charge in [0.15, 0.2) is 6.61 Å². The minimum atomic E-state index is -4.60. The lowest BCUT2D eigenvalue weighted by molar-refractivity contribution is -0.162. The predicted molar refractivity (Wildman–Crippen MR) is 133 cm³/mol. The predicted octanol–water partition coefficient (Wildman–Crippen LogP) is 4.10. The summed E-state index contributed by atoms with van der Waals surface area (Å²) < 4.78 is 47.0. The van der Waals surface area contributed by atoms with E-state index in [-0.39, 0.29) is 18.7 Å². The number of dihydropyridines is 1. The van der Waals surface area contributed by atoms with Gasteiger partial charge in [-0.05, 0) is 54.7 Å². The maximum atomic E-state index is 13.1. The summed E-state index contributed by atoms with van der Waals surface area (Å²) in [5.74, 6) is -0.0859.